The molecule has 0 saturated heterocycles. The van der Waals surface area contributed by atoms with Crippen LogP contribution in [0.4, 0.5) is 17.5 Å². The van der Waals surface area contributed by atoms with E-state index in [1.165, 1.54) is 5.56 Å². The summed E-state index contributed by atoms with van der Waals surface area (Å²) in [7, 11) is 2.05. The van der Waals surface area contributed by atoms with E-state index in [0.29, 0.717) is 5.95 Å². The van der Waals surface area contributed by atoms with Crippen molar-refractivity contribution in [3.05, 3.63) is 66.1 Å². The summed E-state index contributed by atoms with van der Waals surface area (Å²) in [5, 5.41) is 3.28. The number of rotatable bonds is 8. The SMILES string of the molecule is Cc1cc(N(C)CCc2ccncc2)nc(Nc2ccc(OC(C)C)cc2)n1. The summed E-state index contributed by atoms with van der Waals surface area (Å²) in [6, 6.07) is 13.9. The van der Waals surface area contributed by atoms with Crippen LogP contribution in [0.5, 0.6) is 5.75 Å². The van der Waals surface area contributed by atoms with E-state index < -0.39 is 0 Å². The molecule has 0 unspecified atom stereocenters. The molecular formula is C22H27N5O. The van der Waals surface area contributed by atoms with Crippen LogP contribution in [-0.4, -0.2) is 34.6 Å². The molecule has 146 valence electrons. The largest absolute Gasteiger partial charge is 0.491 e. The Bertz CT molecular complexity index is 881. The van der Waals surface area contributed by atoms with Crippen LogP contribution in [-0.2, 0) is 6.42 Å². The summed E-state index contributed by atoms with van der Waals surface area (Å²) < 4.78 is 5.68. The van der Waals surface area contributed by atoms with Crippen LogP contribution in [0.2, 0.25) is 0 Å². The van der Waals surface area contributed by atoms with Crippen LogP contribution in [0.3, 0.4) is 0 Å². The number of anilines is 3. The molecule has 2 heterocycles. The third kappa shape index (κ3) is 5.67. The second kappa shape index (κ2) is 9.17. The Balaban J connectivity index is 1.67. The number of likely N-dealkylation sites (N-methyl/N-ethyl adjacent to an activating group) is 1. The van der Waals surface area contributed by atoms with Crippen LogP contribution in [0, 0.1) is 6.92 Å². The lowest BCUT2D eigenvalue weighted by molar-refractivity contribution is 0.242. The molecule has 6 heteroatoms. The third-order valence-corrected chi connectivity index (χ3v) is 4.20. The highest BCUT2D eigenvalue weighted by atomic mass is 16.5. The zero-order valence-corrected chi connectivity index (χ0v) is 16.9. The Morgan fingerprint density at radius 3 is 2.43 bits per heavy atom. The molecule has 28 heavy (non-hydrogen) atoms. The van der Waals surface area contributed by atoms with Gasteiger partial charge < -0.3 is 15.0 Å². The fourth-order valence-electron chi connectivity index (χ4n) is 2.78. The van der Waals surface area contributed by atoms with Gasteiger partial charge in [0.2, 0.25) is 5.95 Å². The Morgan fingerprint density at radius 2 is 1.75 bits per heavy atom. The minimum Gasteiger partial charge on any atom is -0.491 e. The van der Waals surface area contributed by atoms with Crippen molar-refractivity contribution in [3.63, 3.8) is 0 Å². The molecule has 0 aliphatic heterocycles. The Labute approximate surface area is 166 Å². The summed E-state index contributed by atoms with van der Waals surface area (Å²) in [4.78, 5) is 15.4. The van der Waals surface area contributed by atoms with Crippen molar-refractivity contribution >= 4 is 17.5 Å². The number of hydrogen-bond donors (Lipinski definition) is 1. The first-order valence-electron chi connectivity index (χ1n) is 9.49. The molecule has 1 aromatic carbocycles. The maximum absolute atomic E-state index is 5.68. The van der Waals surface area contributed by atoms with E-state index in [0.717, 1.165) is 35.9 Å². The van der Waals surface area contributed by atoms with Crippen molar-refractivity contribution in [1.82, 2.24) is 15.0 Å². The van der Waals surface area contributed by atoms with Gasteiger partial charge >= 0.3 is 0 Å². The van der Waals surface area contributed by atoms with Gasteiger partial charge in [0.05, 0.1) is 6.10 Å². The molecule has 0 amide bonds. The molecule has 0 bridgehead atoms. The molecular weight excluding hydrogens is 350 g/mol. The molecule has 0 aliphatic carbocycles. The summed E-state index contributed by atoms with van der Waals surface area (Å²) in [5.41, 5.74) is 3.10. The van der Waals surface area contributed by atoms with Gasteiger partial charge in [-0.25, -0.2) is 4.98 Å². The number of benzene rings is 1. The van der Waals surface area contributed by atoms with Gasteiger partial charge in [0.15, 0.2) is 0 Å². The first-order valence-corrected chi connectivity index (χ1v) is 9.49. The molecule has 6 nitrogen and oxygen atoms in total. The lowest BCUT2D eigenvalue weighted by Crippen LogP contribution is -2.22. The first-order chi connectivity index (χ1) is 13.5. The number of aryl methyl sites for hydroxylation is 1. The van der Waals surface area contributed by atoms with Gasteiger partial charge in [0.25, 0.3) is 0 Å². The molecule has 1 N–H and O–H groups in total. The smallest absolute Gasteiger partial charge is 0.229 e. The minimum atomic E-state index is 0.157. The first kappa shape index (κ1) is 19.6. The fourth-order valence-corrected chi connectivity index (χ4v) is 2.78. The average Bonchev–Trinajstić information content (AvgIpc) is 2.67. The number of aromatic nitrogens is 3. The van der Waals surface area contributed by atoms with Crippen molar-refractivity contribution in [2.45, 2.75) is 33.3 Å². The summed E-state index contributed by atoms with van der Waals surface area (Å²) in [6.45, 7) is 6.87. The molecule has 3 aromatic rings. The molecule has 0 aliphatic rings. The van der Waals surface area contributed by atoms with Gasteiger partial charge in [-0.05, 0) is 69.2 Å². The molecule has 3 rings (SSSR count). The number of ether oxygens (including phenoxy) is 1. The monoisotopic (exact) mass is 377 g/mol. The van der Waals surface area contributed by atoms with E-state index in [1.54, 1.807) is 0 Å². The predicted octanol–water partition coefficient (Wildman–Crippen LogP) is 4.39. The fraction of sp³-hybridized carbons (Fsp3) is 0.318. The van der Waals surface area contributed by atoms with Crippen molar-refractivity contribution in [3.8, 4) is 5.75 Å². The molecule has 0 atom stereocenters. The summed E-state index contributed by atoms with van der Waals surface area (Å²) in [6.07, 6.45) is 4.74. The topological polar surface area (TPSA) is 63.2 Å². The van der Waals surface area contributed by atoms with Crippen LogP contribution in [0.25, 0.3) is 0 Å². The molecule has 2 aromatic heterocycles. The van der Waals surface area contributed by atoms with Gasteiger partial charge in [-0.15, -0.1) is 0 Å². The van der Waals surface area contributed by atoms with Crippen LogP contribution in [0.1, 0.15) is 25.1 Å². The van der Waals surface area contributed by atoms with Crippen LogP contribution in [0.15, 0.2) is 54.9 Å². The number of nitrogens with zero attached hydrogens (tertiary/aromatic N) is 4. The van der Waals surface area contributed by atoms with E-state index in [9.17, 15) is 0 Å². The van der Waals surface area contributed by atoms with Gasteiger partial charge in [-0.1, -0.05) is 0 Å². The molecule has 0 radical (unpaired) electrons. The zero-order valence-electron chi connectivity index (χ0n) is 16.9. The van der Waals surface area contributed by atoms with Gasteiger partial charge in [0.1, 0.15) is 11.6 Å². The maximum atomic E-state index is 5.68. The highest BCUT2D eigenvalue weighted by Crippen LogP contribution is 2.21. The lowest BCUT2D eigenvalue weighted by atomic mass is 10.2. The quantitative estimate of drug-likeness (QED) is 0.628. The van der Waals surface area contributed by atoms with Crippen molar-refractivity contribution < 1.29 is 4.74 Å². The number of pyridine rings is 1. The third-order valence-electron chi connectivity index (χ3n) is 4.20. The van der Waals surface area contributed by atoms with E-state index in [2.05, 4.69) is 25.2 Å². The number of hydrogen-bond acceptors (Lipinski definition) is 6. The molecule has 0 saturated carbocycles. The highest BCUT2D eigenvalue weighted by molar-refractivity contribution is 5.56. The Kier molecular flexibility index (Phi) is 6.42. The summed E-state index contributed by atoms with van der Waals surface area (Å²) >= 11 is 0. The van der Waals surface area contributed by atoms with Crippen molar-refractivity contribution in [1.29, 1.82) is 0 Å². The molecule has 0 fully saturated rings. The summed E-state index contributed by atoms with van der Waals surface area (Å²) in [5.74, 6) is 2.33. The van der Waals surface area contributed by atoms with Crippen molar-refractivity contribution in [2.75, 3.05) is 23.8 Å². The van der Waals surface area contributed by atoms with Gasteiger partial charge in [0, 0.05) is 43.4 Å². The molecule has 0 spiro atoms. The van der Waals surface area contributed by atoms with E-state index in [4.69, 9.17) is 4.74 Å². The standard InChI is InChI=1S/C22H27N5O/c1-16(2)28-20-7-5-19(6-8-20)25-22-24-17(3)15-21(26-22)27(4)14-11-18-9-12-23-13-10-18/h5-10,12-13,15-16H,11,14H2,1-4H3,(H,24,25,26). The maximum Gasteiger partial charge on any atom is 0.229 e. The zero-order chi connectivity index (χ0) is 19.9. The average molecular weight is 377 g/mol. The van der Waals surface area contributed by atoms with E-state index in [1.807, 2.05) is 82.7 Å². The predicted molar refractivity (Wildman–Crippen MR) is 113 cm³/mol. The van der Waals surface area contributed by atoms with Gasteiger partial charge in [-0.2, -0.15) is 4.98 Å². The van der Waals surface area contributed by atoms with Crippen LogP contribution < -0.4 is 15.0 Å². The normalized spacial score (nSPS) is 10.8. The van der Waals surface area contributed by atoms with E-state index in [-0.39, 0.29) is 6.10 Å². The second-order valence-electron chi connectivity index (χ2n) is 7.03. The van der Waals surface area contributed by atoms with Gasteiger partial charge in [-0.3, -0.25) is 4.98 Å². The second-order valence-corrected chi connectivity index (χ2v) is 7.03. The lowest BCUT2D eigenvalue weighted by Gasteiger charge is -2.19. The highest BCUT2D eigenvalue weighted by Gasteiger charge is 2.08. The van der Waals surface area contributed by atoms with E-state index >= 15 is 0 Å². The van der Waals surface area contributed by atoms with Crippen molar-refractivity contribution in [2.24, 2.45) is 0 Å². The Hall–Kier alpha value is -3.15. The van der Waals surface area contributed by atoms with Crippen LogP contribution >= 0.6 is 0 Å². The Morgan fingerprint density at radius 1 is 1.04 bits per heavy atom. The minimum absolute atomic E-state index is 0.157. The number of nitrogens with one attached hydrogen (secondary N) is 1.